The third-order valence-corrected chi connectivity index (χ3v) is 6.04. The van der Waals surface area contributed by atoms with E-state index in [2.05, 4.69) is 39.8 Å². The number of nitrogens with one attached hydrogen (secondary N) is 2. The molecule has 2 aliphatic rings. The number of halogens is 1. The Morgan fingerprint density at radius 3 is 2.94 bits per heavy atom. The van der Waals surface area contributed by atoms with E-state index < -0.39 is 0 Å². The van der Waals surface area contributed by atoms with Gasteiger partial charge in [-0.1, -0.05) is 25.1 Å². The van der Waals surface area contributed by atoms with Gasteiger partial charge in [-0.25, -0.2) is 9.67 Å². The molecule has 0 aliphatic carbocycles. The number of aliphatic imine (C=N–C) groups is 1. The van der Waals surface area contributed by atoms with Crippen LogP contribution in [0.5, 0.6) is 5.75 Å². The quantitative estimate of drug-likeness (QED) is 0.271. The fraction of sp³-hybridized carbons (Fsp3) is 0.458. The predicted molar refractivity (Wildman–Crippen MR) is 137 cm³/mol. The van der Waals surface area contributed by atoms with Crippen molar-refractivity contribution in [1.82, 2.24) is 25.4 Å². The minimum atomic E-state index is 0. The molecule has 4 heterocycles. The number of para-hydroxylation sites is 1. The second-order valence-electron chi connectivity index (χ2n) is 8.29. The van der Waals surface area contributed by atoms with Crippen LogP contribution in [-0.4, -0.2) is 39.9 Å². The van der Waals surface area contributed by atoms with Gasteiger partial charge in [0.15, 0.2) is 11.8 Å². The molecule has 0 saturated carbocycles. The monoisotopic (exact) mass is 562 g/mol. The van der Waals surface area contributed by atoms with Crippen molar-refractivity contribution in [2.75, 3.05) is 13.2 Å². The van der Waals surface area contributed by atoms with E-state index in [1.54, 1.807) is 6.26 Å². The highest BCUT2D eigenvalue weighted by Crippen LogP contribution is 2.31. The van der Waals surface area contributed by atoms with Crippen LogP contribution in [0.1, 0.15) is 48.8 Å². The molecule has 0 radical (unpaired) electrons. The lowest BCUT2D eigenvalue weighted by atomic mass is 10.0. The zero-order valence-electron chi connectivity index (χ0n) is 18.9. The predicted octanol–water partition coefficient (Wildman–Crippen LogP) is 3.67. The molecular formula is C24H31IN6O2. The molecule has 0 fully saturated rings. The Hall–Kier alpha value is -2.56. The van der Waals surface area contributed by atoms with E-state index in [4.69, 9.17) is 14.1 Å². The summed E-state index contributed by atoms with van der Waals surface area (Å²) in [4.78, 5) is 9.52. The number of hydrogen-bond acceptors (Lipinski definition) is 5. The molecule has 2 N–H and O–H groups in total. The van der Waals surface area contributed by atoms with Gasteiger partial charge in [0.2, 0.25) is 0 Å². The lowest BCUT2D eigenvalue weighted by Gasteiger charge is -2.30. The molecule has 2 aromatic heterocycles. The Labute approximate surface area is 211 Å². The lowest BCUT2D eigenvalue weighted by Crippen LogP contribution is -2.48. The number of furan rings is 1. The number of ether oxygens (including phenoxy) is 1. The Balaban J connectivity index is 0.00000259. The molecule has 0 bridgehead atoms. The van der Waals surface area contributed by atoms with Crippen LogP contribution in [0.4, 0.5) is 0 Å². The number of benzene rings is 1. The Morgan fingerprint density at radius 1 is 1.18 bits per heavy atom. The van der Waals surface area contributed by atoms with E-state index in [1.165, 1.54) is 5.56 Å². The Bertz CT molecular complexity index is 1060. The van der Waals surface area contributed by atoms with Gasteiger partial charge < -0.3 is 19.8 Å². The van der Waals surface area contributed by atoms with Gasteiger partial charge in [0, 0.05) is 43.8 Å². The molecule has 8 nitrogen and oxygen atoms in total. The number of rotatable bonds is 6. The van der Waals surface area contributed by atoms with Crippen molar-refractivity contribution < 1.29 is 9.15 Å². The van der Waals surface area contributed by atoms with Gasteiger partial charge in [0.05, 0.1) is 25.5 Å². The summed E-state index contributed by atoms with van der Waals surface area (Å²) >= 11 is 0. The number of aromatic nitrogens is 3. The third kappa shape index (κ3) is 5.69. The second kappa shape index (κ2) is 11.0. The van der Waals surface area contributed by atoms with Gasteiger partial charge >= 0.3 is 0 Å². The average molecular weight is 562 g/mol. The Morgan fingerprint density at radius 2 is 2.09 bits per heavy atom. The smallest absolute Gasteiger partial charge is 0.192 e. The highest BCUT2D eigenvalue weighted by molar-refractivity contribution is 14.0. The summed E-state index contributed by atoms with van der Waals surface area (Å²) in [5.41, 5.74) is 1.18. The summed E-state index contributed by atoms with van der Waals surface area (Å²) < 4.78 is 13.4. The van der Waals surface area contributed by atoms with E-state index in [0.717, 1.165) is 67.8 Å². The molecule has 0 saturated heterocycles. The van der Waals surface area contributed by atoms with Crippen LogP contribution in [-0.2, 0) is 25.8 Å². The van der Waals surface area contributed by atoms with Gasteiger partial charge in [-0.15, -0.1) is 24.0 Å². The molecular weight excluding hydrogens is 531 g/mol. The van der Waals surface area contributed by atoms with Crippen molar-refractivity contribution in [1.29, 1.82) is 0 Å². The molecule has 5 rings (SSSR count). The highest BCUT2D eigenvalue weighted by atomic mass is 127. The zero-order valence-corrected chi connectivity index (χ0v) is 21.2. The second-order valence-corrected chi connectivity index (χ2v) is 8.29. The first-order valence-electron chi connectivity index (χ1n) is 11.5. The van der Waals surface area contributed by atoms with Crippen LogP contribution in [0.25, 0.3) is 0 Å². The minimum Gasteiger partial charge on any atom is -0.493 e. The fourth-order valence-electron chi connectivity index (χ4n) is 4.34. The first-order valence-corrected chi connectivity index (χ1v) is 11.5. The van der Waals surface area contributed by atoms with E-state index >= 15 is 0 Å². The molecule has 1 aromatic carbocycles. The molecule has 0 spiro atoms. The van der Waals surface area contributed by atoms with E-state index in [0.29, 0.717) is 13.2 Å². The summed E-state index contributed by atoms with van der Waals surface area (Å²) in [5, 5.41) is 12.0. The van der Waals surface area contributed by atoms with Gasteiger partial charge in [0.25, 0.3) is 0 Å². The number of aryl methyl sites for hydroxylation is 2. The first kappa shape index (κ1) is 23.6. The van der Waals surface area contributed by atoms with Crippen LogP contribution in [0.15, 0.2) is 52.1 Å². The van der Waals surface area contributed by atoms with E-state index in [9.17, 15) is 0 Å². The van der Waals surface area contributed by atoms with Gasteiger partial charge in [-0.05, 0) is 24.6 Å². The standard InChI is InChI=1S/C24H30N6O2.HI/c1-2-22-28-23-10-9-17(16-30(23)29-22)26-24(25-13-11-18-6-5-14-31-18)27-20-12-15-32-21-8-4-3-7-19(20)21;/h3-8,14,17,20H,2,9-13,15-16H2,1H3,(H2,25,26,27);1H. The maximum Gasteiger partial charge on any atom is 0.192 e. The molecule has 33 heavy (non-hydrogen) atoms. The third-order valence-electron chi connectivity index (χ3n) is 6.04. The van der Waals surface area contributed by atoms with E-state index in [-0.39, 0.29) is 36.1 Å². The van der Waals surface area contributed by atoms with Crippen molar-refractivity contribution >= 4 is 29.9 Å². The van der Waals surface area contributed by atoms with Crippen LogP contribution in [0.2, 0.25) is 0 Å². The summed E-state index contributed by atoms with van der Waals surface area (Å²) in [6.45, 7) is 4.23. The van der Waals surface area contributed by atoms with E-state index in [1.807, 2.05) is 28.9 Å². The summed E-state index contributed by atoms with van der Waals surface area (Å²) in [6.07, 6.45) is 6.16. The summed E-state index contributed by atoms with van der Waals surface area (Å²) in [5.74, 6) is 4.72. The first-order chi connectivity index (χ1) is 15.8. The van der Waals surface area contributed by atoms with Crippen molar-refractivity contribution in [3.8, 4) is 5.75 Å². The number of fused-ring (bicyclic) bond motifs is 2. The van der Waals surface area contributed by atoms with Crippen molar-refractivity contribution in [3.63, 3.8) is 0 Å². The van der Waals surface area contributed by atoms with Crippen LogP contribution >= 0.6 is 24.0 Å². The average Bonchev–Trinajstić information content (AvgIpc) is 3.48. The summed E-state index contributed by atoms with van der Waals surface area (Å²) in [7, 11) is 0. The maximum absolute atomic E-state index is 5.84. The molecule has 3 aromatic rings. The topological polar surface area (TPSA) is 89.5 Å². The fourth-order valence-corrected chi connectivity index (χ4v) is 4.34. The van der Waals surface area contributed by atoms with Crippen LogP contribution < -0.4 is 15.4 Å². The number of nitrogens with zero attached hydrogens (tertiary/aromatic N) is 4. The largest absolute Gasteiger partial charge is 0.493 e. The molecule has 9 heteroatoms. The molecule has 2 unspecified atom stereocenters. The zero-order chi connectivity index (χ0) is 21.8. The van der Waals surface area contributed by atoms with Crippen LogP contribution in [0.3, 0.4) is 0 Å². The summed E-state index contributed by atoms with van der Waals surface area (Å²) in [6, 6.07) is 12.5. The number of guanidine groups is 1. The maximum atomic E-state index is 5.84. The van der Waals surface area contributed by atoms with Crippen molar-refractivity contribution in [2.24, 2.45) is 4.99 Å². The normalized spacial score (nSPS) is 19.6. The van der Waals surface area contributed by atoms with Gasteiger partial charge in [-0.2, -0.15) is 5.10 Å². The minimum absolute atomic E-state index is 0. The van der Waals surface area contributed by atoms with Gasteiger partial charge in [-0.3, -0.25) is 4.99 Å². The van der Waals surface area contributed by atoms with Crippen molar-refractivity contribution in [2.45, 2.75) is 57.7 Å². The highest BCUT2D eigenvalue weighted by Gasteiger charge is 2.25. The molecule has 0 amide bonds. The van der Waals surface area contributed by atoms with Gasteiger partial charge in [0.1, 0.15) is 17.3 Å². The van der Waals surface area contributed by atoms with Crippen LogP contribution in [0, 0.1) is 0 Å². The lowest BCUT2D eigenvalue weighted by molar-refractivity contribution is 0.261. The Kier molecular flexibility index (Phi) is 7.89. The molecule has 2 atom stereocenters. The molecule has 176 valence electrons. The molecule has 2 aliphatic heterocycles. The number of hydrogen-bond donors (Lipinski definition) is 2. The SMILES string of the molecule is CCc1nc2n(n1)CC(NC(=NCCc1ccco1)NC1CCOc3ccccc31)CC2.I. The van der Waals surface area contributed by atoms with Crippen molar-refractivity contribution in [3.05, 3.63) is 65.6 Å².